The Bertz CT molecular complexity index is 704. The van der Waals surface area contributed by atoms with Gasteiger partial charge in [-0.1, -0.05) is 12.1 Å². The number of ether oxygens (including phenoxy) is 3. The monoisotopic (exact) mass is 302 g/mol. The molecular weight excluding hydrogens is 284 g/mol. The zero-order chi connectivity index (χ0) is 16.1. The van der Waals surface area contributed by atoms with Crippen LogP contribution < -0.4 is 4.74 Å². The largest absolute Gasteiger partial charge is 0.503 e. The molecule has 6 heteroatoms. The van der Waals surface area contributed by atoms with E-state index in [1.165, 1.54) is 20.5 Å². The van der Waals surface area contributed by atoms with Gasteiger partial charge in [-0.05, 0) is 18.6 Å². The van der Waals surface area contributed by atoms with Crippen molar-refractivity contribution in [3.63, 3.8) is 0 Å². The molecule has 0 spiro atoms. The van der Waals surface area contributed by atoms with Gasteiger partial charge in [0.2, 0.25) is 0 Å². The second-order valence-corrected chi connectivity index (χ2v) is 4.66. The summed E-state index contributed by atoms with van der Waals surface area (Å²) in [4.78, 5) is 12.0. The van der Waals surface area contributed by atoms with Crippen molar-refractivity contribution in [1.82, 2.24) is 9.78 Å². The smallest absolute Gasteiger partial charge is 0.341 e. The Hall–Kier alpha value is -2.76. The van der Waals surface area contributed by atoms with Crippen molar-refractivity contribution in [3.05, 3.63) is 48.0 Å². The number of aromatic nitrogens is 2. The van der Waals surface area contributed by atoms with E-state index in [1.54, 1.807) is 30.2 Å². The van der Waals surface area contributed by atoms with Gasteiger partial charge < -0.3 is 14.2 Å². The summed E-state index contributed by atoms with van der Waals surface area (Å²) in [5.41, 5.74) is 1.79. The molecule has 1 aromatic carbocycles. The van der Waals surface area contributed by atoms with Gasteiger partial charge in [0, 0.05) is 12.6 Å². The number of hydrogen-bond donors (Lipinski definition) is 0. The van der Waals surface area contributed by atoms with E-state index in [1.807, 2.05) is 19.1 Å². The average Bonchev–Trinajstić information content (AvgIpc) is 2.90. The van der Waals surface area contributed by atoms with E-state index in [4.69, 9.17) is 14.2 Å². The van der Waals surface area contributed by atoms with Gasteiger partial charge in [0.1, 0.15) is 11.3 Å². The molecule has 0 bridgehead atoms. The van der Waals surface area contributed by atoms with Gasteiger partial charge in [0.05, 0.1) is 32.9 Å². The Morgan fingerprint density at radius 1 is 1.32 bits per heavy atom. The maximum absolute atomic E-state index is 12.0. The molecule has 0 saturated heterocycles. The highest BCUT2D eigenvalue weighted by atomic mass is 16.5. The molecule has 0 fully saturated rings. The summed E-state index contributed by atoms with van der Waals surface area (Å²) < 4.78 is 17.3. The Kier molecular flexibility index (Phi) is 4.83. The van der Waals surface area contributed by atoms with Gasteiger partial charge in [0.15, 0.2) is 5.75 Å². The summed E-state index contributed by atoms with van der Waals surface area (Å²) in [5.74, 6) is 0.616. The van der Waals surface area contributed by atoms with Crippen LogP contribution in [0.5, 0.6) is 11.5 Å². The SMILES string of the molecule is CO/C=C(\C(=O)OC)c1c(C)cccc1Oc1cnn(C)c1. The van der Waals surface area contributed by atoms with E-state index in [2.05, 4.69) is 5.10 Å². The minimum absolute atomic E-state index is 0.294. The highest BCUT2D eigenvalue weighted by Crippen LogP contribution is 2.33. The lowest BCUT2D eigenvalue weighted by Gasteiger charge is -2.14. The molecule has 0 N–H and O–H groups in total. The summed E-state index contributed by atoms with van der Waals surface area (Å²) in [6, 6.07) is 5.52. The van der Waals surface area contributed by atoms with E-state index >= 15 is 0 Å². The van der Waals surface area contributed by atoms with Crippen LogP contribution >= 0.6 is 0 Å². The fourth-order valence-electron chi connectivity index (χ4n) is 2.09. The third-order valence-corrected chi connectivity index (χ3v) is 3.05. The van der Waals surface area contributed by atoms with Crippen molar-refractivity contribution in [3.8, 4) is 11.5 Å². The number of aryl methyl sites for hydroxylation is 2. The number of carbonyl (C=O) groups is 1. The van der Waals surface area contributed by atoms with Crippen LogP contribution in [0, 0.1) is 6.92 Å². The molecule has 0 atom stereocenters. The second-order valence-electron chi connectivity index (χ2n) is 4.66. The Morgan fingerprint density at radius 3 is 2.68 bits per heavy atom. The minimum atomic E-state index is -0.493. The maximum atomic E-state index is 12.0. The number of benzene rings is 1. The molecule has 1 heterocycles. The summed E-state index contributed by atoms with van der Waals surface area (Å²) in [7, 11) is 4.60. The topological polar surface area (TPSA) is 62.6 Å². The van der Waals surface area contributed by atoms with Gasteiger partial charge in [-0.3, -0.25) is 4.68 Å². The zero-order valence-electron chi connectivity index (χ0n) is 13.0. The van der Waals surface area contributed by atoms with Crippen molar-refractivity contribution < 1.29 is 19.0 Å². The fraction of sp³-hybridized carbons (Fsp3) is 0.250. The molecule has 0 unspecified atom stereocenters. The first-order chi connectivity index (χ1) is 10.6. The van der Waals surface area contributed by atoms with E-state index in [-0.39, 0.29) is 0 Å². The van der Waals surface area contributed by atoms with Crippen LogP contribution in [0.3, 0.4) is 0 Å². The van der Waals surface area contributed by atoms with E-state index < -0.39 is 5.97 Å². The van der Waals surface area contributed by atoms with Crippen molar-refractivity contribution in [2.75, 3.05) is 14.2 Å². The fourth-order valence-corrected chi connectivity index (χ4v) is 2.09. The Balaban J connectivity index is 2.49. The lowest BCUT2D eigenvalue weighted by molar-refractivity contribution is -0.133. The second kappa shape index (κ2) is 6.80. The average molecular weight is 302 g/mol. The molecule has 0 aliphatic carbocycles. The van der Waals surface area contributed by atoms with Crippen molar-refractivity contribution >= 4 is 11.5 Å². The van der Waals surface area contributed by atoms with Crippen LogP contribution in [0.15, 0.2) is 36.9 Å². The molecule has 0 radical (unpaired) electrons. The molecule has 0 saturated carbocycles. The first-order valence-electron chi connectivity index (χ1n) is 6.64. The number of nitrogens with zero attached hydrogens (tertiary/aromatic N) is 2. The number of hydrogen-bond acceptors (Lipinski definition) is 5. The van der Waals surface area contributed by atoms with Crippen LogP contribution in [-0.4, -0.2) is 30.0 Å². The van der Waals surface area contributed by atoms with Gasteiger partial charge in [0.25, 0.3) is 0 Å². The van der Waals surface area contributed by atoms with Crippen molar-refractivity contribution in [2.45, 2.75) is 6.92 Å². The molecular formula is C16H18N2O4. The lowest BCUT2D eigenvalue weighted by Crippen LogP contribution is -2.07. The molecule has 0 amide bonds. The van der Waals surface area contributed by atoms with Gasteiger partial charge in [-0.25, -0.2) is 4.79 Å². The lowest BCUT2D eigenvalue weighted by atomic mass is 10.0. The summed E-state index contributed by atoms with van der Waals surface area (Å²) in [5, 5.41) is 4.06. The quantitative estimate of drug-likeness (QED) is 0.483. The number of rotatable bonds is 5. The number of methoxy groups -OCH3 is 2. The molecule has 116 valence electrons. The summed E-state index contributed by atoms with van der Waals surface area (Å²) in [6.45, 7) is 1.89. The first-order valence-corrected chi connectivity index (χ1v) is 6.64. The van der Waals surface area contributed by atoms with Crippen molar-refractivity contribution in [2.24, 2.45) is 7.05 Å². The molecule has 0 aliphatic heterocycles. The highest BCUT2D eigenvalue weighted by molar-refractivity contribution is 6.17. The highest BCUT2D eigenvalue weighted by Gasteiger charge is 2.20. The molecule has 0 aliphatic rings. The van der Waals surface area contributed by atoms with E-state index in [0.29, 0.717) is 22.6 Å². The molecule has 22 heavy (non-hydrogen) atoms. The van der Waals surface area contributed by atoms with Gasteiger partial charge in [-0.2, -0.15) is 5.10 Å². The van der Waals surface area contributed by atoms with Crippen LogP contribution in [0.1, 0.15) is 11.1 Å². The standard InChI is InChI=1S/C16H18N2O4/c1-11-6-5-7-14(22-12-8-17-18(2)9-12)15(11)13(10-20-3)16(19)21-4/h5-10H,1-4H3/b13-10-. The normalized spacial score (nSPS) is 11.2. The summed E-state index contributed by atoms with van der Waals surface area (Å²) in [6.07, 6.45) is 4.69. The maximum Gasteiger partial charge on any atom is 0.341 e. The van der Waals surface area contributed by atoms with Crippen LogP contribution in [-0.2, 0) is 21.3 Å². The molecule has 6 nitrogen and oxygen atoms in total. The molecule has 1 aromatic heterocycles. The summed E-state index contributed by atoms with van der Waals surface area (Å²) >= 11 is 0. The van der Waals surface area contributed by atoms with Gasteiger partial charge >= 0.3 is 5.97 Å². The minimum Gasteiger partial charge on any atom is -0.503 e. The Labute approximate surface area is 128 Å². The number of carbonyl (C=O) groups excluding carboxylic acids is 1. The predicted octanol–water partition coefficient (Wildman–Crippen LogP) is 2.68. The zero-order valence-corrected chi connectivity index (χ0v) is 13.0. The third-order valence-electron chi connectivity index (χ3n) is 3.05. The van der Waals surface area contributed by atoms with Crippen molar-refractivity contribution in [1.29, 1.82) is 0 Å². The predicted molar refractivity (Wildman–Crippen MR) is 81.5 cm³/mol. The third kappa shape index (κ3) is 3.28. The Morgan fingerprint density at radius 2 is 2.09 bits per heavy atom. The number of esters is 1. The van der Waals surface area contributed by atoms with E-state index in [9.17, 15) is 4.79 Å². The molecule has 2 rings (SSSR count). The van der Waals surface area contributed by atoms with E-state index in [0.717, 1.165) is 5.56 Å². The van der Waals surface area contributed by atoms with Gasteiger partial charge in [-0.15, -0.1) is 0 Å². The van der Waals surface area contributed by atoms with Crippen LogP contribution in [0.2, 0.25) is 0 Å². The molecule has 2 aromatic rings. The van der Waals surface area contributed by atoms with Crippen LogP contribution in [0.4, 0.5) is 0 Å². The first kappa shape index (κ1) is 15.6. The van der Waals surface area contributed by atoms with Crippen LogP contribution in [0.25, 0.3) is 5.57 Å².